The topological polar surface area (TPSA) is 122 Å². The number of carbonyl (C=O) groups excluding carboxylic acids is 2. The van der Waals surface area contributed by atoms with E-state index in [1.165, 1.54) is 54.0 Å². The van der Waals surface area contributed by atoms with E-state index in [0.29, 0.717) is 0 Å². The average Bonchev–Trinajstić information content (AvgIpc) is 2.60. The van der Waals surface area contributed by atoms with E-state index in [4.69, 9.17) is 5.21 Å². The van der Waals surface area contributed by atoms with Gasteiger partial charge in [0.15, 0.2) is 0 Å². The van der Waals surface area contributed by atoms with Crippen molar-refractivity contribution in [1.82, 2.24) is 5.48 Å². The fraction of sp³-hybridized carbons (Fsp3) is 0.0667. The van der Waals surface area contributed by atoms with Crippen LogP contribution in [0.3, 0.4) is 0 Å². The molecule has 0 saturated carbocycles. The summed E-state index contributed by atoms with van der Waals surface area (Å²) in [5.41, 5.74) is 1.71. The summed E-state index contributed by atoms with van der Waals surface area (Å²) in [6.07, 6.45) is 0. The lowest BCUT2D eigenvalue weighted by atomic mass is 10.2. The molecule has 8 nitrogen and oxygen atoms in total. The minimum atomic E-state index is -4.04. The Morgan fingerprint density at radius 2 is 1.67 bits per heavy atom. The van der Waals surface area contributed by atoms with Gasteiger partial charge in [-0.3, -0.25) is 14.7 Å². The maximum atomic E-state index is 12.5. The van der Waals surface area contributed by atoms with E-state index < -0.39 is 21.9 Å². The molecule has 2 aromatic rings. The summed E-state index contributed by atoms with van der Waals surface area (Å²) in [5.74, 6) is -1.49. The van der Waals surface area contributed by atoms with Gasteiger partial charge in [-0.2, -0.15) is 0 Å². The Morgan fingerprint density at radius 1 is 1.04 bits per heavy atom. The second-order valence-electron chi connectivity index (χ2n) is 4.61. The summed E-state index contributed by atoms with van der Waals surface area (Å²) in [6.45, 7) is 0. The maximum absolute atomic E-state index is 12.5. The van der Waals surface area contributed by atoms with Crippen molar-refractivity contribution in [1.29, 1.82) is 0 Å². The Balaban J connectivity index is 2.33. The summed E-state index contributed by atoms with van der Waals surface area (Å²) < 4.78 is 31.8. The van der Waals surface area contributed by atoms with Gasteiger partial charge in [-0.25, -0.2) is 18.7 Å². The van der Waals surface area contributed by atoms with E-state index in [1.807, 2.05) is 0 Å². The molecule has 0 spiro atoms. The van der Waals surface area contributed by atoms with Gasteiger partial charge in [-0.05, 0) is 36.4 Å². The van der Waals surface area contributed by atoms with Crippen molar-refractivity contribution in [2.45, 2.75) is 4.90 Å². The zero-order valence-corrected chi connectivity index (χ0v) is 13.3. The molecule has 2 rings (SSSR count). The molecule has 2 aromatic carbocycles. The standard InChI is InChI=1S/C15H14N2O6S/c1-23-15(19)12-4-2-3-5-13(12)24(21,22)17-11-8-6-10(7-9-11)14(18)16-20/h2-9,17,20H,1H3,(H,16,18). The van der Waals surface area contributed by atoms with E-state index in [2.05, 4.69) is 9.46 Å². The third kappa shape index (κ3) is 3.70. The van der Waals surface area contributed by atoms with E-state index in [1.54, 1.807) is 0 Å². The third-order valence-electron chi connectivity index (χ3n) is 3.08. The minimum absolute atomic E-state index is 0.0937. The predicted octanol–water partition coefficient (Wildman–Crippen LogP) is 1.39. The van der Waals surface area contributed by atoms with Crippen molar-refractivity contribution < 1.29 is 28.0 Å². The number of hydrogen-bond donors (Lipinski definition) is 3. The Labute approximate surface area is 138 Å². The number of anilines is 1. The molecular weight excluding hydrogens is 336 g/mol. The first-order chi connectivity index (χ1) is 11.4. The molecule has 0 heterocycles. The number of amides is 1. The monoisotopic (exact) mass is 350 g/mol. The van der Waals surface area contributed by atoms with E-state index >= 15 is 0 Å². The quantitative estimate of drug-likeness (QED) is 0.426. The predicted molar refractivity (Wildman–Crippen MR) is 84.3 cm³/mol. The Bertz CT molecular complexity index is 862. The molecule has 0 atom stereocenters. The summed E-state index contributed by atoms with van der Waals surface area (Å²) in [6, 6.07) is 11.0. The number of esters is 1. The number of ether oxygens (including phenoxy) is 1. The molecule has 24 heavy (non-hydrogen) atoms. The highest BCUT2D eigenvalue weighted by Crippen LogP contribution is 2.20. The van der Waals surface area contributed by atoms with Gasteiger partial charge in [0.2, 0.25) is 0 Å². The Hall–Kier alpha value is -2.91. The van der Waals surface area contributed by atoms with Gasteiger partial charge in [-0.1, -0.05) is 12.1 Å². The van der Waals surface area contributed by atoms with Crippen LogP contribution >= 0.6 is 0 Å². The van der Waals surface area contributed by atoms with Crippen LogP contribution in [-0.2, 0) is 14.8 Å². The van der Waals surface area contributed by atoms with Crippen LogP contribution < -0.4 is 10.2 Å². The number of hydroxylamine groups is 1. The second-order valence-corrected chi connectivity index (χ2v) is 6.26. The van der Waals surface area contributed by atoms with Crippen molar-refractivity contribution in [2.75, 3.05) is 11.8 Å². The van der Waals surface area contributed by atoms with Crippen LogP contribution in [0, 0.1) is 0 Å². The lowest BCUT2D eigenvalue weighted by Gasteiger charge is -2.11. The number of carbonyl (C=O) groups is 2. The highest BCUT2D eigenvalue weighted by Gasteiger charge is 2.22. The first-order valence-corrected chi connectivity index (χ1v) is 8.12. The summed E-state index contributed by atoms with van der Waals surface area (Å²) in [7, 11) is -2.88. The molecule has 126 valence electrons. The largest absolute Gasteiger partial charge is 0.465 e. The second kappa shape index (κ2) is 7.11. The number of benzene rings is 2. The van der Waals surface area contributed by atoms with Crippen LogP contribution in [0.2, 0.25) is 0 Å². The van der Waals surface area contributed by atoms with Gasteiger partial charge in [-0.15, -0.1) is 0 Å². The summed E-state index contributed by atoms with van der Waals surface area (Å²) >= 11 is 0. The molecule has 0 aromatic heterocycles. The van der Waals surface area contributed by atoms with Crippen LogP contribution in [0.1, 0.15) is 20.7 Å². The smallest absolute Gasteiger partial charge is 0.339 e. The summed E-state index contributed by atoms with van der Waals surface area (Å²) in [4.78, 5) is 22.7. The van der Waals surface area contributed by atoms with Crippen molar-refractivity contribution >= 4 is 27.6 Å². The zero-order chi connectivity index (χ0) is 17.7. The number of sulfonamides is 1. The fourth-order valence-corrected chi connectivity index (χ4v) is 3.20. The van der Waals surface area contributed by atoms with E-state index in [9.17, 15) is 18.0 Å². The van der Waals surface area contributed by atoms with Crippen molar-refractivity contribution in [3.8, 4) is 0 Å². The molecule has 0 radical (unpaired) electrons. The first kappa shape index (κ1) is 17.4. The average molecular weight is 350 g/mol. The van der Waals surface area contributed by atoms with Crippen LogP contribution in [0.25, 0.3) is 0 Å². The maximum Gasteiger partial charge on any atom is 0.339 e. The van der Waals surface area contributed by atoms with Gasteiger partial charge >= 0.3 is 5.97 Å². The lowest BCUT2D eigenvalue weighted by molar-refractivity contribution is 0.0596. The van der Waals surface area contributed by atoms with Gasteiger partial charge in [0, 0.05) is 11.3 Å². The van der Waals surface area contributed by atoms with E-state index in [0.717, 1.165) is 7.11 Å². The Kier molecular flexibility index (Phi) is 5.17. The lowest BCUT2D eigenvalue weighted by Crippen LogP contribution is -2.19. The van der Waals surface area contributed by atoms with Crippen LogP contribution in [-0.4, -0.2) is 32.6 Å². The number of nitrogens with one attached hydrogen (secondary N) is 2. The molecule has 0 aliphatic heterocycles. The number of rotatable bonds is 5. The molecule has 0 bridgehead atoms. The number of methoxy groups -OCH3 is 1. The Morgan fingerprint density at radius 3 is 2.25 bits per heavy atom. The highest BCUT2D eigenvalue weighted by atomic mass is 32.2. The van der Waals surface area contributed by atoms with Gasteiger partial charge < -0.3 is 4.74 Å². The molecule has 0 fully saturated rings. The van der Waals surface area contributed by atoms with Crippen molar-refractivity contribution in [3.63, 3.8) is 0 Å². The van der Waals surface area contributed by atoms with Gasteiger partial charge in [0.05, 0.1) is 12.7 Å². The first-order valence-electron chi connectivity index (χ1n) is 6.63. The SMILES string of the molecule is COC(=O)c1ccccc1S(=O)(=O)Nc1ccc(C(=O)NO)cc1. The van der Waals surface area contributed by atoms with Crippen LogP contribution in [0.4, 0.5) is 5.69 Å². The minimum Gasteiger partial charge on any atom is -0.465 e. The van der Waals surface area contributed by atoms with E-state index in [-0.39, 0.29) is 21.7 Å². The summed E-state index contributed by atoms with van der Waals surface area (Å²) in [5, 5.41) is 8.54. The highest BCUT2D eigenvalue weighted by molar-refractivity contribution is 7.92. The van der Waals surface area contributed by atoms with Crippen LogP contribution in [0.15, 0.2) is 53.4 Å². The molecule has 0 unspecified atom stereocenters. The molecule has 0 saturated heterocycles. The molecule has 0 aliphatic carbocycles. The zero-order valence-electron chi connectivity index (χ0n) is 12.5. The van der Waals surface area contributed by atoms with Gasteiger partial charge in [0.25, 0.3) is 15.9 Å². The van der Waals surface area contributed by atoms with Gasteiger partial charge in [0.1, 0.15) is 4.90 Å². The molecule has 0 aliphatic rings. The normalized spacial score (nSPS) is 10.8. The molecule has 9 heteroatoms. The van der Waals surface area contributed by atoms with Crippen LogP contribution in [0.5, 0.6) is 0 Å². The van der Waals surface area contributed by atoms with Crippen molar-refractivity contribution in [3.05, 3.63) is 59.7 Å². The third-order valence-corrected chi connectivity index (χ3v) is 4.52. The van der Waals surface area contributed by atoms with Crippen molar-refractivity contribution in [2.24, 2.45) is 0 Å². The fourth-order valence-electron chi connectivity index (χ4n) is 1.94. The molecule has 3 N–H and O–H groups in total. The molecule has 1 amide bonds. The molecular formula is C15H14N2O6S. The number of hydrogen-bond acceptors (Lipinski definition) is 6.